The lowest BCUT2D eigenvalue weighted by Gasteiger charge is -2.18. The first-order chi connectivity index (χ1) is 11.9. The number of hydrogen-bond acceptors (Lipinski definition) is 4. The largest absolute Gasteiger partial charge is 0.469 e. The minimum Gasteiger partial charge on any atom is -0.469 e. The Balaban J connectivity index is 2.24. The molecule has 2 aromatic rings. The average molecular weight is 361 g/mol. The summed E-state index contributed by atoms with van der Waals surface area (Å²) in [5.41, 5.74) is 6.42. The van der Waals surface area contributed by atoms with Crippen molar-refractivity contribution in [3.8, 4) is 0 Å². The highest BCUT2D eigenvalue weighted by Crippen LogP contribution is 2.21. The lowest BCUT2D eigenvalue weighted by atomic mass is 10.0. The molecule has 0 aliphatic heterocycles. The van der Waals surface area contributed by atoms with E-state index in [1.807, 2.05) is 0 Å². The van der Waals surface area contributed by atoms with Crippen LogP contribution in [0.3, 0.4) is 0 Å². The summed E-state index contributed by atoms with van der Waals surface area (Å²) >= 11 is 5.88. The number of rotatable bonds is 6. The number of methoxy groups -OCH3 is 1. The van der Waals surface area contributed by atoms with E-state index in [9.17, 15) is 14.4 Å². The van der Waals surface area contributed by atoms with Gasteiger partial charge in [-0.1, -0.05) is 29.8 Å². The standard InChI is InChI=1S/C18H17ClN2O4/c1-25-16(22)10-15(11-5-7-14(19)8-6-11)21-18(24)13-4-2-3-12(9-13)17(20)23/h2-9,15H,10H2,1H3,(H2,20,23)(H,21,24). The zero-order chi connectivity index (χ0) is 18.4. The topological polar surface area (TPSA) is 98.5 Å². The molecule has 0 heterocycles. The quantitative estimate of drug-likeness (QED) is 0.773. The van der Waals surface area contributed by atoms with Crippen LogP contribution in [0.4, 0.5) is 0 Å². The zero-order valence-electron chi connectivity index (χ0n) is 13.5. The zero-order valence-corrected chi connectivity index (χ0v) is 14.2. The first kappa shape index (κ1) is 18.5. The highest BCUT2D eigenvalue weighted by atomic mass is 35.5. The molecule has 0 saturated heterocycles. The second-order valence-electron chi connectivity index (χ2n) is 5.30. The number of ether oxygens (including phenoxy) is 1. The van der Waals surface area contributed by atoms with Crippen LogP contribution in [0.5, 0.6) is 0 Å². The molecule has 2 aromatic carbocycles. The normalized spacial score (nSPS) is 11.4. The Kier molecular flexibility index (Phi) is 6.14. The number of hydrogen-bond donors (Lipinski definition) is 2. The summed E-state index contributed by atoms with van der Waals surface area (Å²) in [6.07, 6.45) is -0.0423. The molecule has 0 saturated carbocycles. The van der Waals surface area contributed by atoms with Crippen molar-refractivity contribution in [2.24, 2.45) is 5.73 Å². The smallest absolute Gasteiger partial charge is 0.307 e. The Morgan fingerprint density at radius 2 is 1.76 bits per heavy atom. The number of primary amides is 1. The molecule has 2 amide bonds. The van der Waals surface area contributed by atoms with Crippen molar-refractivity contribution in [3.63, 3.8) is 0 Å². The van der Waals surface area contributed by atoms with Crippen LogP contribution in [0.15, 0.2) is 48.5 Å². The summed E-state index contributed by atoms with van der Waals surface area (Å²) in [5.74, 6) is -1.53. The van der Waals surface area contributed by atoms with E-state index >= 15 is 0 Å². The molecule has 130 valence electrons. The van der Waals surface area contributed by atoms with Crippen LogP contribution in [-0.2, 0) is 9.53 Å². The van der Waals surface area contributed by atoms with Crippen LogP contribution in [0.1, 0.15) is 38.7 Å². The number of halogens is 1. The maximum atomic E-state index is 12.5. The average Bonchev–Trinajstić information content (AvgIpc) is 2.61. The highest BCUT2D eigenvalue weighted by Gasteiger charge is 2.20. The molecule has 0 spiro atoms. The molecule has 0 fully saturated rings. The second kappa shape index (κ2) is 8.30. The van der Waals surface area contributed by atoms with E-state index in [-0.39, 0.29) is 17.5 Å². The van der Waals surface area contributed by atoms with Crippen molar-refractivity contribution >= 4 is 29.4 Å². The summed E-state index contributed by atoms with van der Waals surface area (Å²) in [6.45, 7) is 0. The monoisotopic (exact) mass is 360 g/mol. The van der Waals surface area contributed by atoms with Crippen molar-refractivity contribution in [2.45, 2.75) is 12.5 Å². The van der Waals surface area contributed by atoms with Crippen LogP contribution in [0.25, 0.3) is 0 Å². The Labute approximate surface area is 149 Å². The molecule has 0 aliphatic rings. The third-order valence-electron chi connectivity index (χ3n) is 3.59. The molecule has 0 bridgehead atoms. The Morgan fingerprint density at radius 3 is 2.36 bits per heavy atom. The number of benzene rings is 2. The number of carbonyl (C=O) groups is 3. The first-order valence-electron chi connectivity index (χ1n) is 7.43. The maximum Gasteiger partial charge on any atom is 0.307 e. The number of nitrogens with two attached hydrogens (primary N) is 1. The van der Waals surface area contributed by atoms with Crippen LogP contribution in [0.2, 0.25) is 5.02 Å². The van der Waals surface area contributed by atoms with E-state index in [0.29, 0.717) is 10.6 Å². The molecule has 3 N–H and O–H groups in total. The predicted molar refractivity (Wildman–Crippen MR) is 93.3 cm³/mol. The van der Waals surface area contributed by atoms with Gasteiger partial charge in [0.2, 0.25) is 5.91 Å². The fraction of sp³-hybridized carbons (Fsp3) is 0.167. The minimum absolute atomic E-state index is 0.0423. The minimum atomic E-state index is -0.626. The molecule has 2 rings (SSSR count). The summed E-state index contributed by atoms with van der Waals surface area (Å²) < 4.78 is 4.69. The van der Waals surface area contributed by atoms with Crippen molar-refractivity contribution in [2.75, 3.05) is 7.11 Å². The molecular weight excluding hydrogens is 344 g/mol. The van der Waals surface area contributed by atoms with Gasteiger partial charge in [-0.25, -0.2) is 0 Å². The van der Waals surface area contributed by atoms with Gasteiger partial charge in [0.25, 0.3) is 5.91 Å². The third-order valence-corrected chi connectivity index (χ3v) is 3.84. The third kappa shape index (κ3) is 5.06. The number of esters is 1. The van der Waals surface area contributed by atoms with Gasteiger partial charge < -0.3 is 15.8 Å². The van der Waals surface area contributed by atoms with Gasteiger partial charge in [0.15, 0.2) is 0 Å². The lowest BCUT2D eigenvalue weighted by molar-refractivity contribution is -0.141. The molecule has 0 aromatic heterocycles. The van der Waals surface area contributed by atoms with Crippen LogP contribution >= 0.6 is 11.6 Å². The van der Waals surface area contributed by atoms with Gasteiger partial charge in [0.05, 0.1) is 19.6 Å². The van der Waals surface area contributed by atoms with Gasteiger partial charge in [-0.05, 0) is 35.9 Å². The fourth-order valence-electron chi connectivity index (χ4n) is 2.25. The second-order valence-corrected chi connectivity index (χ2v) is 5.74. The van der Waals surface area contributed by atoms with Gasteiger partial charge in [0, 0.05) is 16.1 Å². The molecule has 0 aliphatic carbocycles. The SMILES string of the molecule is COC(=O)CC(NC(=O)c1cccc(C(N)=O)c1)c1ccc(Cl)cc1. The Morgan fingerprint density at radius 1 is 1.12 bits per heavy atom. The van der Waals surface area contributed by atoms with E-state index in [1.54, 1.807) is 36.4 Å². The van der Waals surface area contributed by atoms with Gasteiger partial charge in [0.1, 0.15) is 0 Å². The Bertz CT molecular complexity index is 790. The van der Waals surface area contributed by atoms with Crippen LogP contribution < -0.4 is 11.1 Å². The number of carbonyl (C=O) groups excluding carboxylic acids is 3. The Hall–Kier alpha value is -2.86. The first-order valence-corrected chi connectivity index (χ1v) is 7.81. The summed E-state index contributed by atoms with van der Waals surface area (Å²) in [6, 6.07) is 12.2. The molecule has 1 atom stereocenters. The molecule has 25 heavy (non-hydrogen) atoms. The van der Waals surface area contributed by atoms with Crippen molar-refractivity contribution in [1.29, 1.82) is 0 Å². The summed E-state index contributed by atoms with van der Waals surface area (Å²) in [5, 5.41) is 3.31. The molecule has 0 radical (unpaired) electrons. The highest BCUT2D eigenvalue weighted by molar-refractivity contribution is 6.30. The summed E-state index contributed by atoms with van der Waals surface area (Å²) in [4.78, 5) is 35.4. The maximum absolute atomic E-state index is 12.5. The molecule has 7 heteroatoms. The number of nitrogens with one attached hydrogen (secondary N) is 1. The van der Waals surface area contributed by atoms with Gasteiger partial charge in [-0.2, -0.15) is 0 Å². The fourth-order valence-corrected chi connectivity index (χ4v) is 2.38. The van der Waals surface area contributed by atoms with Crippen molar-refractivity contribution < 1.29 is 19.1 Å². The van der Waals surface area contributed by atoms with Crippen LogP contribution in [-0.4, -0.2) is 24.9 Å². The van der Waals surface area contributed by atoms with E-state index in [2.05, 4.69) is 10.1 Å². The van der Waals surface area contributed by atoms with Gasteiger partial charge >= 0.3 is 5.97 Å². The van der Waals surface area contributed by atoms with Gasteiger partial charge in [-0.15, -0.1) is 0 Å². The van der Waals surface area contributed by atoms with Gasteiger partial charge in [-0.3, -0.25) is 14.4 Å². The molecular formula is C18H17ClN2O4. The summed E-state index contributed by atoms with van der Waals surface area (Å²) in [7, 11) is 1.28. The van der Waals surface area contributed by atoms with Crippen molar-refractivity contribution in [1.82, 2.24) is 5.32 Å². The van der Waals surface area contributed by atoms with E-state index < -0.39 is 23.8 Å². The lowest BCUT2D eigenvalue weighted by Crippen LogP contribution is -2.30. The number of amides is 2. The van der Waals surface area contributed by atoms with Crippen molar-refractivity contribution in [3.05, 3.63) is 70.2 Å². The van der Waals surface area contributed by atoms with E-state index in [1.165, 1.54) is 19.2 Å². The van der Waals surface area contributed by atoms with E-state index in [4.69, 9.17) is 17.3 Å². The van der Waals surface area contributed by atoms with Crippen LogP contribution in [0, 0.1) is 0 Å². The molecule has 1 unspecified atom stereocenters. The predicted octanol–water partition coefficient (Wildman–Crippen LogP) is 2.47. The molecule has 6 nitrogen and oxygen atoms in total. The van der Waals surface area contributed by atoms with E-state index in [0.717, 1.165) is 0 Å².